The number of rotatable bonds is 4. The lowest BCUT2D eigenvalue weighted by Gasteiger charge is -2.40. The largest absolute Gasteiger partial charge is 0.476 e. The smallest absolute Gasteiger partial charge is 0.270 e. The van der Waals surface area contributed by atoms with E-state index in [1.807, 2.05) is 0 Å². The lowest BCUT2D eigenvalue weighted by Crippen LogP contribution is -2.52. The molecule has 5 rings (SSSR count). The molecule has 11 heteroatoms. The molecule has 1 atom stereocenters. The van der Waals surface area contributed by atoms with Gasteiger partial charge in [-0.05, 0) is 60.4 Å². The first kappa shape index (κ1) is 22.1. The second-order valence-electron chi connectivity index (χ2n) is 8.56. The van der Waals surface area contributed by atoms with Crippen LogP contribution in [0.4, 0.5) is 16.0 Å². The molecule has 3 aromatic rings. The third kappa shape index (κ3) is 4.26. The molecule has 0 bridgehead atoms. The lowest BCUT2D eigenvalue weighted by atomic mass is 9.75. The van der Waals surface area contributed by atoms with Crippen LogP contribution in [-0.2, 0) is 11.2 Å². The zero-order valence-corrected chi connectivity index (χ0v) is 18.9. The van der Waals surface area contributed by atoms with Crippen LogP contribution in [0.15, 0.2) is 42.5 Å². The highest BCUT2D eigenvalue weighted by Crippen LogP contribution is 2.40. The predicted molar refractivity (Wildman–Crippen MR) is 121 cm³/mol. The van der Waals surface area contributed by atoms with Gasteiger partial charge in [-0.25, -0.2) is 4.39 Å². The quantitative estimate of drug-likeness (QED) is 0.608. The van der Waals surface area contributed by atoms with Crippen LogP contribution in [0.1, 0.15) is 18.4 Å². The van der Waals surface area contributed by atoms with Crippen molar-refractivity contribution in [2.45, 2.75) is 25.4 Å². The molecule has 1 amide bonds. The zero-order chi connectivity index (χ0) is 23.7. The fourth-order valence-corrected chi connectivity index (χ4v) is 4.69. The van der Waals surface area contributed by atoms with Gasteiger partial charge in [0.15, 0.2) is 6.10 Å². The molecule has 2 aliphatic rings. The molecule has 1 aromatic heterocycles. The van der Waals surface area contributed by atoms with Gasteiger partial charge in [-0.3, -0.25) is 4.79 Å². The number of hydrogen-bond acceptors (Lipinski definition) is 7. The van der Waals surface area contributed by atoms with Gasteiger partial charge >= 0.3 is 0 Å². The molecule has 2 aromatic carbocycles. The highest BCUT2D eigenvalue weighted by molar-refractivity contribution is 6.31. The van der Waals surface area contributed by atoms with Crippen LogP contribution in [0.5, 0.6) is 5.75 Å². The Morgan fingerprint density at radius 3 is 2.71 bits per heavy atom. The summed E-state index contributed by atoms with van der Waals surface area (Å²) in [6, 6.07) is 13.8. The molecule has 1 N–H and O–H groups in total. The molecule has 34 heavy (non-hydrogen) atoms. The number of nitrogens with zero attached hydrogens (tertiary/aromatic N) is 6. The Morgan fingerprint density at radius 2 is 2.03 bits per heavy atom. The van der Waals surface area contributed by atoms with E-state index in [4.69, 9.17) is 16.3 Å². The van der Waals surface area contributed by atoms with Crippen molar-refractivity contribution in [3.05, 3.63) is 58.9 Å². The average Bonchev–Trinajstić information content (AvgIpc) is 3.40. The Labute approximate surface area is 200 Å². The third-order valence-electron chi connectivity index (χ3n) is 6.41. The van der Waals surface area contributed by atoms with Crippen LogP contribution in [0, 0.1) is 22.6 Å². The molecule has 3 heterocycles. The summed E-state index contributed by atoms with van der Waals surface area (Å²) >= 11 is 6.16. The van der Waals surface area contributed by atoms with Crippen LogP contribution >= 0.6 is 11.6 Å². The van der Waals surface area contributed by atoms with Gasteiger partial charge in [0, 0.05) is 18.1 Å². The minimum atomic E-state index is -0.779. The van der Waals surface area contributed by atoms with Crippen molar-refractivity contribution < 1.29 is 13.9 Å². The minimum Gasteiger partial charge on any atom is -0.476 e. The highest BCUT2D eigenvalue weighted by Gasteiger charge is 2.40. The van der Waals surface area contributed by atoms with Crippen molar-refractivity contribution in [1.29, 1.82) is 5.26 Å². The number of benzene rings is 2. The van der Waals surface area contributed by atoms with E-state index >= 15 is 0 Å². The number of hydrogen-bond donors (Lipinski definition) is 1. The molecule has 0 saturated carbocycles. The molecular formula is C23H21ClFN7O2. The van der Waals surface area contributed by atoms with Crippen LogP contribution in [0.3, 0.4) is 0 Å². The molecule has 2 aliphatic heterocycles. The maximum absolute atomic E-state index is 13.4. The van der Waals surface area contributed by atoms with Crippen molar-refractivity contribution in [3.63, 3.8) is 0 Å². The first-order valence-electron chi connectivity index (χ1n) is 10.9. The van der Waals surface area contributed by atoms with Gasteiger partial charge in [-0.2, -0.15) is 10.5 Å². The molecule has 1 unspecified atom stereocenters. The predicted octanol–water partition coefficient (Wildman–Crippen LogP) is 3.27. The second-order valence-corrected chi connectivity index (χ2v) is 9.00. The number of carbonyl (C=O) groups excluding carboxylic acids is 1. The lowest BCUT2D eigenvalue weighted by molar-refractivity contribution is -0.140. The Hall–Kier alpha value is -3.71. The van der Waals surface area contributed by atoms with Gasteiger partial charge in [0.25, 0.3) is 11.9 Å². The number of piperidine rings is 1. The summed E-state index contributed by atoms with van der Waals surface area (Å²) in [5.74, 6) is 0.341. The van der Waals surface area contributed by atoms with Crippen molar-refractivity contribution in [2.24, 2.45) is 5.41 Å². The van der Waals surface area contributed by atoms with E-state index in [2.05, 4.69) is 26.7 Å². The van der Waals surface area contributed by atoms with E-state index in [0.29, 0.717) is 54.8 Å². The number of aromatic amines is 1. The van der Waals surface area contributed by atoms with E-state index < -0.39 is 11.5 Å². The number of amides is 1. The number of carbonyl (C=O) groups is 1. The number of anilines is 2. The van der Waals surface area contributed by atoms with Crippen molar-refractivity contribution >= 4 is 29.1 Å². The van der Waals surface area contributed by atoms with Gasteiger partial charge in [0.1, 0.15) is 11.6 Å². The van der Waals surface area contributed by atoms with Gasteiger partial charge in [-0.15, -0.1) is 5.10 Å². The third-order valence-corrected chi connectivity index (χ3v) is 6.64. The second kappa shape index (κ2) is 8.91. The minimum absolute atomic E-state index is 0.164. The van der Waals surface area contributed by atoms with E-state index in [9.17, 15) is 14.4 Å². The number of aromatic nitrogens is 4. The topological polar surface area (TPSA) is 111 Å². The molecule has 0 aliphatic carbocycles. The molecule has 0 spiro atoms. The Morgan fingerprint density at radius 1 is 1.26 bits per heavy atom. The highest BCUT2D eigenvalue weighted by atomic mass is 35.5. The summed E-state index contributed by atoms with van der Waals surface area (Å²) in [5.41, 5.74) is 0.964. The fraction of sp³-hybridized carbons (Fsp3) is 0.348. The average molecular weight is 482 g/mol. The SMILES string of the molecule is N#CC1(Cc2ccc(F)cc2)CCN(C(=O)C2CN(c3nn[nH]n3)c3cc(Cl)ccc3O2)CC1. The van der Waals surface area contributed by atoms with Crippen molar-refractivity contribution in [2.75, 3.05) is 24.5 Å². The van der Waals surface area contributed by atoms with E-state index in [-0.39, 0.29) is 18.3 Å². The molecule has 9 nitrogen and oxygen atoms in total. The summed E-state index contributed by atoms with van der Waals surface area (Å²) in [5, 5.41) is 24.6. The number of fused-ring (bicyclic) bond motifs is 1. The Kier molecular flexibility index (Phi) is 5.79. The van der Waals surface area contributed by atoms with E-state index in [0.717, 1.165) is 5.56 Å². The normalized spacial score (nSPS) is 19.1. The van der Waals surface area contributed by atoms with Gasteiger partial charge < -0.3 is 14.5 Å². The monoisotopic (exact) mass is 481 g/mol. The van der Waals surface area contributed by atoms with Crippen LogP contribution in [0.25, 0.3) is 0 Å². The summed E-state index contributed by atoms with van der Waals surface area (Å²) < 4.78 is 19.3. The molecule has 0 radical (unpaired) electrons. The maximum atomic E-state index is 13.4. The summed E-state index contributed by atoms with van der Waals surface area (Å²) in [6.07, 6.45) is 0.796. The molecule has 1 fully saturated rings. The summed E-state index contributed by atoms with van der Waals surface area (Å²) in [6.45, 7) is 1.06. The number of halogens is 2. The van der Waals surface area contributed by atoms with Gasteiger partial charge in [-0.1, -0.05) is 28.8 Å². The maximum Gasteiger partial charge on any atom is 0.270 e. The number of nitriles is 1. The van der Waals surface area contributed by atoms with Gasteiger partial charge in [0.2, 0.25) is 0 Å². The molecule has 1 saturated heterocycles. The number of ether oxygens (including phenoxy) is 1. The standard InChI is InChI=1S/C23H21ClFN7O2/c24-16-3-6-19-18(11-16)32(22-27-29-30-28-22)13-20(34-19)21(33)31-9-7-23(14-26,8-10-31)12-15-1-4-17(25)5-2-15/h1-6,11,20H,7-10,12-13H2,(H,27,28,29,30). The van der Waals surface area contributed by atoms with Crippen molar-refractivity contribution in [1.82, 2.24) is 25.5 Å². The number of H-pyrrole nitrogens is 1. The number of tetrazole rings is 1. The van der Waals surface area contributed by atoms with E-state index in [1.54, 1.807) is 40.1 Å². The van der Waals surface area contributed by atoms with Crippen LogP contribution in [-0.4, -0.2) is 57.2 Å². The fourth-order valence-electron chi connectivity index (χ4n) is 4.52. The summed E-state index contributed by atoms with van der Waals surface area (Å²) in [7, 11) is 0. The molecular weight excluding hydrogens is 461 g/mol. The zero-order valence-electron chi connectivity index (χ0n) is 18.1. The van der Waals surface area contributed by atoms with E-state index in [1.165, 1.54) is 12.1 Å². The number of nitrogens with one attached hydrogen (secondary N) is 1. The Balaban J connectivity index is 1.30. The first-order chi connectivity index (χ1) is 16.5. The number of likely N-dealkylation sites (tertiary alicyclic amines) is 1. The first-order valence-corrected chi connectivity index (χ1v) is 11.3. The van der Waals surface area contributed by atoms with Gasteiger partial charge in [0.05, 0.1) is 23.7 Å². The summed E-state index contributed by atoms with van der Waals surface area (Å²) in [4.78, 5) is 16.9. The van der Waals surface area contributed by atoms with Crippen LogP contribution < -0.4 is 9.64 Å². The van der Waals surface area contributed by atoms with Crippen LogP contribution in [0.2, 0.25) is 5.02 Å². The molecule has 174 valence electrons. The Bertz CT molecular complexity index is 1220. The van der Waals surface area contributed by atoms with Crippen molar-refractivity contribution in [3.8, 4) is 11.8 Å².